The number of aliphatic imine (C=N–C) groups is 1. The van der Waals surface area contributed by atoms with Crippen molar-refractivity contribution in [3.63, 3.8) is 0 Å². The predicted octanol–water partition coefficient (Wildman–Crippen LogP) is 3.62. The Hall–Kier alpha value is -2.75. The van der Waals surface area contributed by atoms with E-state index in [0.29, 0.717) is 0 Å². The van der Waals surface area contributed by atoms with Gasteiger partial charge in [-0.2, -0.15) is 0 Å². The Morgan fingerprint density at radius 2 is 1.91 bits per heavy atom. The highest BCUT2D eigenvalue weighted by Gasteiger charge is 2.27. The van der Waals surface area contributed by atoms with Crippen molar-refractivity contribution in [3.8, 4) is 11.3 Å². The molecule has 0 saturated heterocycles. The second kappa shape index (κ2) is 5.80. The van der Waals surface area contributed by atoms with E-state index in [4.69, 9.17) is 10.1 Å². The molecule has 1 N–H and O–H groups in total. The number of carbonyl (C=O) groups is 1. The average Bonchev–Trinajstić information content (AvgIpc) is 2.88. The number of allylic oxidation sites excluding steroid dienone is 1. The Morgan fingerprint density at radius 3 is 2.52 bits per heavy atom. The molecule has 0 fully saturated rings. The van der Waals surface area contributed by atoms with Crippen LogP contribution in [-0.4, -0.2) is 21.8 Å². The van der Waals surface area contributed by atoms with Crippen molar-refractivity contribution < 1.29 is 9.90 Å². The number of rotatable bonds is 4. The SMILES string of the molecule is CC1=NC(C)(c2cccc(-c3ccc(CC(=O)O)cc3)n2)C=C1. The summed E-state index contributed by atoms with van der Waals surface area (Å²) >= 11 is 0. The second-order valence-electron chi connectivity index (χ2n) is 5.91. The lowest BCUT2D eigenvalue weighted by Gasteiger charge is -2.18. The van der Waals surface area contributed by atoms with Crippen LogP contribution in [0.25, 0.3) is 11.3 Å². The van der Waals surface area contributed by atoms with Gasteiger partial charge in [0.1, 0.15) is 5.54 Å². The number of aromatic nitrogens is 1. The van der Waals surface area contributed by atoms with Crippen molar-refractivity contribution in [2.75, 3.05) is 0 Å². The van der Waals surface area contributed by atoms with Gasteiger partial charge in [-0.25, -0.2) is 4.98 Å². The van der Waals surface area contributed by atoms with Gasteiger partial charge in [-0.15, -0.1) is 0 Å². The number of pyridine rings is 1. The van der Waals surface area contributed by atoms with E-state index >= 15 is 0 Å². The number of nitrogens with zero attached hydrogens (tertiary/aromatic N) is 2. The first kappa shape index (κ1) is 15.2. The van der Waals surface area contributed by atoms with E-state index in [-0.39, 0.29) is 6.42 Å². The molecule has 4 nitrogen and oxygen atoms in total. The first-order valence-electron chi connectivity index (χ1n) is 7.51. The Balaban J connectivity index is 1.91. The fraction of sp³-hybridized carbons (Fsp3) is 0.211. The molecule has 0 radical (unpaired) electrons. The van der Waals surface area contributed by atoms with Crippen LogP contribution in [0.1, 0.15) is 25.1 Å². The van der Waals surface area contributed by atoms with Gasteiger partial charge in [0.05, 0.1) is 17.8 Å². The summed E-state index contributed by atoms with van der Waals surface area (Å²) in [4.78, 5) is 20.1. The summed E-state index contributed by atoms with van der Waals surface area (Å²) in [5.41, 5.74) is 4.09. The zero-order valence-electron chi connectivity index (χ0n) is 13.2. The van der Waals surface area contributed by atoms with E-state index < -0.39 is 11.5 Å². The van der Waals surface area contributed by atoms with E-state index in [2.05, 4.69) is 11.1 Å². The highest BCUT2D eigenvalue weighted by atomic mass is 16.4. The monoisotopic (exact) mass is 306 g/mol. The zero-order chi connectivity index (χ0) is 16.4. The summed E-state index contributed by atoms with van der Waals surface area (Å²) in [7, 11) is 0. The molecule has 1 aromatic heterocycles. The van der Waals surface area contributed by atoms with Gasteiger partial charge in [-0.1, -0.05) is 30.3 Å². The predicted molar refractivity (Wildman–Crippen MR) is 90.6 cm³/mol. The van der Waals surface area contributed by atoms with Crippen LogP contribution in [0.5, 0.6) is 0 Å². The third-order valence-corrected chi connectivity index (χ3v) is 3.93. The van der Waals surface area contributed by atoms with Crippen molar-refractivity contribution in [1.29, 1.82) is 0 Å². The lowest BCUT2D eigenvalue weighted by molar-refractivity contribution is -0.136. The molecule has 1 unspecified atom stereocenters. The first-order valence-corrected chi connectivity index (χ1v) is 7.51. The molecule has 4 heteroatoms. The highest BCUT2D eigenvalue weighted by molar-refractivity contribution is 5.95. The maximum Gasteiger partial charge on any atom is 0.307 e. The summed E-state index contributed by atoms with van der Waals surface area (Å²) in [5.74, 6) is -0.827. The van der Waals surface area contributed by atoms with Gasteiger partial charge in [0, 0.05) is 11.3 Å². The molecular weight excluding hydrogens is 288 g/mol. The summed E-state index contributed by atoms with van der Waals surface area (Å²) < 4.78 is 0. The Labute approximate surface area is 135 Å². The quantitative estimate of drug-likeness (QED) is 0.938. The van der Waals surface area contributed by atoms with Crippen molar-refractivity contribution in [1.82, 2.24) is 4.98 Å². The topological polar surface area (TPSA) is 62.5 Å². The molecule has 3 rings (SSSR count). The van der Waals surface area contributed by atoms with E-state index in [1.54, 1.807) is 0 Å². The Morgan fingerprint density at radius 1 is 1.17 bits per heavy atom. The van der Waals surface area contributed by atoms with Crippen LogP contribution in [-0.2, 0) is 16.8 Å². The zero-order valence-corrected chi connectivity index (χ0v) is 13.2. The molecule has 0 spiro atoms. The van der Waals surface area contributed by atoms with Crippen molar-refractivity contribution in [3.05, 3.63) is 65.9 Å². The van der Waals surface area contributed by atoms with E-state index in [0.717, 1.165) is 28.2 Å². The van der Waals surface area contributed by atoms with E-state index in [1.165, 1.54) is 0 Å². The van der Waals surface area contributed by atoms with E-state index in [9.17, 15) is 4.79 Å². The molecule has 0 aliphatic carbocycles. The fourth-order valence-corrected chi connectivity index (χ4v) is 2.71. The third-order valence-electron chi connectivity index (χ3n) is 3.93. The van der Waals surface area contributed by atoms with Crippen LogP contribution >= 0.6 is 0 Å². The number of benzene rings is 1. The second-order valence-corrected chi connectivity index (χ2v) is 5.91. The normalized spacial score (nSPS) is 19.7. The van der Waals surface area contributed by atoms with Crippen LogP contribution in [0.4, 0.5) is 0 Å². The molecule has 0 saturated carbocycles. The first-order chi connectivity index (χ1) is 11.0. The molecule has 116 valence electrons. The Kier molecular flexibility index (Phi) is 3.82. The minimum atomic E-state index is -0.827. The summed E-state index contributed by atoms with van der Waals surface area (Å²) in [5, 5.41) is 8.83. The van der Waals surface area contributed by atoms with Gasteiger partial charge >= 0.3 is 5.97 Å². The number of hydrogen-bond donors (Lipinski definition) is 1. The lowest BCUT2D eigenvalue weighted by atomic mass is 9.98. The van der Waals surface area contributed by atoms with Crippen molar-refractivity contribution in [2.45, 2.75) is 25.8 Å². The highest BCUT2D eigenvalue weighted by Crippen LogP contribution is 2.31. The van der Waals surface area contributed by atoms with Crippen molar-refractivity contribution >= 4 is 11.7 Å². The van der Waals surface area contributed by atoms with Crippen molar-refractivity contribution in [2.24, 2.45) is 4.99 Å². The number of hydrogen-bond acceptors (Lipinski definition) is 3. The largest absolute Gasteiger partial charge is 0.481 e. The molecule has 1 aliphatic heterocycles. The van der Waals surface area contributed by atoms with Crippen LogP contribution in [0, 0.1) is 0 Å². The molecule has 0 bridgehead atoms. The van der Waals surface area contributed by atoms with Crippen LogP contribution < -0.4 is 0 Å². The third kappa shape index (κ3) is 3.21. The lowest BCUT2D eigenvalue weighted by Crippen LogP contribution is -2.16. The Bertz CT molecular complexity index is 806. The van der Waals surface area contributed by atoms with Gasteiger partial charge in [-0.05, 0) is 43.7 Å². The van der Waals surface area contributed by atoms with Gasteiger partial charge in [-0.3, -0.25) is 9.79 Å². The maximum atomic E-state index is 10.7. The molecule has 1 aromatic carbocycles. The molecule has 0 amide bonds. The summed E-state index contributed by atoms with van der Waals surface area (Å²) in [6.45, 7) is 4.02. The van der Waals surface area contributed by atoms with Gasteiger partial charge in [0.25, 0.3) is 0 Å². The fourth-order valence-electron chi connectivity index (χ4n) is 2.71. The molecule has 23 heavy (non-hydrogen) atoms. The van der Waals surface area contributed by atoms with Gasteiger partial charge in [0.15, 0.2) is 0 Å². The van der Waals surface area contributed by atoms with Gasteiger partial charge < -0.3 is 5.11 Å². The number of carboxylic acid groups (broad SMARTS) is 1. The minimum Gasteiger partial charge on any atom is -0.481 e. The smallest absolute Gasteiger partial charge is 0.307 e. The minimum absolute atomic E-state index is 0.0323. The molecule has 1 aliphatic rings. The number of carboxylic acids is 1. The molecular formula is C19H18N2O2. The van der Waals surface area contributed by atoms with Gasteiger partial charge in [0.2, 0.25) is 0 Å². The summed E-state index contributed by atoms with van der Waals surface area (Å²) in [6.07, 6.45) is 4.10. The standard InChI is InChI=1S/C19H18N2O2/c1-13-10-11-19(2,21-13)17-5-3-4-16(20-17)15-8-6-14(7-9-15)12-18(22)23/h3-11H,12H2,1-2H3,(H,22,23). The van der Waals surface area contributed by atoms with Crippen LogP contribution in [0.2, 0.25) is 0 Å². The maximum absolute atomic E-state index is 10.7. The average molecular weight is 306 g/mol. The molecule has 1 atom stereocenters. The van der Waals surface area contributed by atoms with E-state index in [1.807, 2.05) is 62.4 Å². The number of aliphatic carboxylic acids is 1. The van der Waals surface area contributed by atoms with Crippen LogP contribution in [0.3, 0.4) is 0 Å². The molecule has 2 heterocycles. The van der Waals surface area contributed by atoms with Crippen LogP contribution in [0.15, 0.2) is 59.6 Å². The molecule has 2 aromatic rings. The summed E-state index contributed by atoms with van der Waals surface area (Å²) in [6, 6.07) is 13.4.